The summed E-state index contributed by atoms with van der Waals surface area (Å²) in [5.74, 6) is -7.59. The molecule has 0 radical (unpaired) electrons. The van der Waals surface area contributed by atoms with Gasteiger partial charge >= 0.3 is 29.9 Å². The second-order valence-corrected chi connectivity index (χ2v) is 9.17. The van der Waals surface area contributed by atoms with Crippen LogP contribution < -0.4 is 27.0 Å². The Hall–Kier alpha value is -3.93. The number of amides is 4. The number of aliphatic carboxylic acids is 4. The molecule has 0 fully saturated rings. The SMILES string of the molecule is C[C@H](CS)NC(=O)[C@H](CC(=O)O)NC(=O)[C@@H](N)CCC(=O)CC[C@H](NC(=O)N[C@@H](CCC(=O)O)C(=O)O)C(=O)O. The molecule has 5 atom stereocenters. The van der Waals surface area contributed by atoms with Gasteiger partial charge in [0, 0.05) is 31.1 Å². The van der Waals surface area contributed by atoms with Gasteiger partial charge in [0.15, 0.2) is 0 Å². The van der Waals surface area contributed by atoms with Crippen LogP contribution in [0.3, 0.4) is 0 Å². The number of carbonyl (C=O) groups is 8. The molecule has 0 heterocycles. The van der Waals surface area contributed by atoms with Gasteiger partial charge in [-0.15, -0.1) is 0 Å². The minimum Gasteiger partial charge on any atom is -0.481 e. The van der Waals surface area contributed by atoms with Gasteiger partial charge in [-0.3, -0.25) is 24.0 Å². The van der Waals surface area contributed by atoms with E-state index in [9.17, 15) is 43.5 Å². The average molecular weight is 594 g/mol. The first-order valence-corrected chi connectivity index (χ1v) is 12.7. The lowest BCUT2D eigenvalue weighted by Crippen LogP contribution is -2.53. The van der Waals surface area contributed by atoms with Gasteiger partial charge in [-0.05, 0) is 26.2 Å². The van der Waals surface area contributed by atoms with Gasteiger partial charge in [-0.25, -0.2) is 14.4 Å². The number of hydrogen-bond acceptors (Lipinski definition) is 10. The molecule has 17 nitrogen and oxygen atoms in total. The number of hydrogen-bond donors (Lipinski definition) is 10. The first-order chi connectivity index (χ1) is 18.6. The number of carboxylic acids is 4. The summed E-state index contributed by atoms with van der Waals surface area (Å²) in [5.41, 5.74) is 5.76. The molecular weight excluding hydrogens is 558 g/mol. The molecule has 0 aliphatic heterocycles. The molecule has 0 rings (SSSR count). The van der Waals surface area contributed by atoms with Crippen molar-refractivity contribution in [2.75, 3.05) is 5.75 Å². The molecule has 0 aliphatic carbocycles. The normalized spacial score (nSPS) is 14.4. The zero-order valence-electron chi connectivity index (χ0n) is 21.6. The Labute approximate surface area is 234 Å². The van der Waals surface area contributed by atoms with Gasteiger partial charge in [0.2, 0.25) is 11.8 Å². The van der Waals surface area contributed by atoms with Gasteiger partial charge < -0.3 is 47.4 Å². The second kappa shape index (κ2) is 18.4. The molecule has 0 aromatic heterocycles. The fourth-order valence-electron chi connectivity index (χ4n) is 3.07. The number of nitrogens with two attached hydrogens (primary N) is 1. The average Bonchev–Trinajstić information content (AvgIpc) is 2.85. The highest BCUT2D eigenvalue weighted by Crippen LogP contribution is 2.07. The maximum atomic E-state index is 12.4. The maximum Gasteiger partial charge on any atom is 0.326 e. The number of carboxylic acid groups (broad SMARTS) is 4. The predicted molar refractivity (Wildman–Crippen MR) is 138 cm³/mol. The third-order valence-electron chi connectivity index (χ3n) is 5.31. The van der Waals surface area contributed by atoms with Crippen LogP contribution in [0.15, 0.2) is 0 Å². The summed E-state index contributed by atoms with van der Waals surface area (Å²) in [7, 11) is 0. The van der Waals surface area contributed by atoms with E-state index < -0.39 is 97.0 Å². The molecule has 0 bridgehead atoms. The molecule has 10 N–H and O–H groups in total. The number of Topliss-reactive ketones (excluding diaryl/α,β-unsaturated/α-hetero) is 1. The molecule has 0 aromatic rings. The number of nitrogens with one attached hydrogen (secondary N) is 4. The topological polar surface area (TPSA) is 292 Å². The van der Waals surface area contributed by atoms with Gasteiger partial charge in [0.1, 0.15) is 23.9 Å². The van der Waals surface area contributed by atoms with Crippen molar-refractivity contribution in [2.45, 2.75) is 82.1 Å². The van der Waals surface area contributed by atoms with E-state index in [2.05, 4.69) is 23.3 Å². The molecule has 0 aliphatic rings. The highest BCUT2D eigenvalue weighted by molar-refractivity contribution is 7.80. The molecule has 40 heavy (non-hydrogen) atoms. The van der Waals surface area contributed by atoms with Gasteiger partial charge in [0.25, 0.3) is 0 Å². The zero-order chi connectivity index (χ0) is 31.0. The summed E-state index contributed by atoms with van der Waals surface area (Å²) in [5, 5.41) is 44.7. The Balaban J connectivity index is 4.86. The zero-order valence-corrected chi connectivity index (χ0v) is 22.5. The molecule has 0 spiro atoms. The summed E-state index contributed by atoms with van der Waals surface area (Å²) in [6.07, 6.45) is -2.97. The van der Waals surface area contributed by atoms with Crippen LogP contribution in [0.25, 0.3) is 0 Å². The van der Waals surface area contributed by atoms with Crippen molar-refractivity contribution in [3.63, 3.8) is 0 Å². The van der Waals surface area contributed by atoms with E-state index in [1.54, 1.807) is 6.92 Å². The summed E-state index contributed by atoms with van der Waals surface area (Å²) in [6, 6.07) is -7.50. The van der Waals surface area contributed by atoms with Crippen LogP contribution in [-0.2, 0) is 33.6 Å². The quantitative estimate of drug-likeness (QED) is 0.0678. The van der Waals surface area contributed by atoms with Crippen molar-refractivity contribution in [1.29, 1.82) is 0 Å². The number of rotatable bonds is 20. The van der Waals surface area contributed by atoms with Crippen LogP contribution in [0, 0.1) is 0 Å². The van der Waals surface area contributed by atoms with Gasteiger partial charge in [-0.2, -0.15) is 12.6 Å². The largest absolute Gasteiger partial charge is 0.481 e. The molecule has 0 saturated heterocycles. The van der Waals surface area contributed by atoms with Crippen LogP contribution in [-0.4, -0.2) is 104 Å². The Kier molecular flexibility index (Phi) is 16.6. The number of carbonyl (C=O) groups excluding carboxylic acids is 4. The van der Waals surface area contributed by atoms with Crippen molar-refractivity contribution in [3.05, 3.63) is 0 Å². The third-order valence-corrected chi connectivity index (χ3v) is 5.86. The van der Waals surface area contributed by atoms with Crippen LogP contribution in [0.5, 0.6) is 0 Å². The Morgan fingerprint density at radius 3 is 1.62 bits per heavy atom. The van der Waals surface area contributed by atoms with E-state index in [0.717, 1.165) is 0 Å². The summed E-state index contributed by atoms with van der Waals surface area (Å²) >= 11 is 4.00. The number of ketones is 1. The van der Waals surface area contributed by atoms with Crippen LogP contribution in [0.2, 0.25) is 0 Å². The number of urea groups is 1. The van der Waals surface area contributed by atoms with Crippen molar-refractivity contribution in [3.8, 4) is 0 Å². The van der Waals surface area contributed by atoms with Crippen LogP contribution in [0.4, 0.5) is 4.79 Å². The Morgan fingerprint density at radius 2 is 1.18 bits per heavy atom. The molecular formula is C22H35N5O12S. The Morgan fingerprint density at radius 1 is 0.675 bits per heavy atom. The Bertz CT molecular complexity index is 962. The second-order valence-electron chi connectivity index (χ2n) is 8.81. The molecule has 18 heteroatoms. The molecule has 4 amide bonds. The molecule has 0 aromatic carbocycles. The minimum absolute atomic E-state index is 0.214. The van der Waals surface area contributed by atoms with Crippen LogP contribution in [0.1, 0.15) is 51.9 Å². The molecule has 226 valence electrons. The lowest BCUT2D eigenvalue weighted by Gasteiger charge is -2.21. The van der Waals surface area contributed by atoms with Crippen LogP contribution >= 0.6 is 12.6 Å². The summed E-state index contributed by atoms with van der Waals surface area (Å²) in [4.78, 5) is 93.2. The molecule has 0 saturated carbocycles. The van der Waals surface area contributed by atoms with E-state index in [-0.39, 0.29) is 31.4 Å². The van der Waals surface area contributed by atoms with Gasteiger partial charge in [0.05, 0.1) is 12.5 Å². The first-order valence-electron chi connectivity index (χ1n) is 12.0. The van der Waals surface area contributed by atoms with E-state index in [4.69, 9.17) is 21.1 Å². The lowest BCUT2D eigenvalue weighted by molar-refractivity contribution is -0.141. The van der Waals surface area contributed by atoms with Crippen molar-refractivity contribution in [2.24, 2.45) is 5.73 Å². The van der Waals surface area contributed by atoms with Crippen molar-refractivity contribution in [1.82, 2.24) is 21.3 Å². The lowest BCUT2D eigenvalue weighted by atomic mass is 10.0. The summed E-state index contributed by atoms with van der Waals surface area (Å²) in [6.45, 7) is 1.62. The first kappa shape index (κ1) is 36.1. The predicted octanol–water partition coefficient (Wildman–Crippen LogP) is -2.09. The standard InChI is InChI=1S/C22H35N5O12S/c1-10(9-40)24-19(34)15(8-17(31)32)25-18(33)12(23)4-2-11(28)3-5-13(20(35)36)26-22(39)27-14(21(37)38)6-7-16(29)30/h10,12-15,40H,2-9,23H2,1H3,(H,24,34)(H,25,33)(H,29,30)(H,31,32)(H,35,36)(H,37,38)(H2,26,27,39)/t10-,12+,13+,14+,15+/m1/s1. The minimum atomic E-state index is -1.59. The van der Waals surface area contributed by atoms with E-state index in [1.165, 1.54) is 0 Å². The maximum absolute atomic E-state index is 12.4. The smallest absolute Gasteiger partial charge is 0.326 e. The van der Waals surface area contributed by atoms with E-state index in [1.807, 2.05) is 10.6 Å². The van der Waals surface area contributed by atoms with E-state index in [0.29, 0.717) is 0 Å². The van der Waals surface area contributed by atoms with E-state index >= 15 is 0 Å². The summed E-state index contributed by atoms with van der Waals surface area (Å²) < 4.78 is 0. The number of thiol groups is 1. The molecule has 0 unspecified atom stereocenters. The van der Waals surface area contributed by atoms with Gasteiger partial charge in [-0.1, -0.05) is 0 Å². The van der Waals surface area contributed by atoms with Crippen molar-refractivity contribution < 1.29 is 58.8 Å². The monoisotopic (exact) mass is 593 g/mol. The fraction of sp³-hybridized carbons (Fsp3) is 0.636. The fourth-order valence-corrected chi connectivity index (χ4v) is 3.16. The highest BCUT2D eigenvalue weighted by Gasteiger charge is 2.28. The third kappa shape index (κ3) is 15.5. The van der Waals surface area contributed by atoms with Crippen molar-refractivity contribution >= 4 is 60.1 Å². The highest BCUT2D eigenvalue weighted by atomic mass is 32.1.